The highest BCUT2D eigenvalue weighted by molar-refractivity contribution is 6.36. The third-order valence-corrected chi connectivity index (χ3v) is 3.44. The lowest BCUT2D eigenvalue weighted by Crippen LogP contribution is -2.16. The molecule has 1 aromatic carbocycles. The first kappa shape index (κ1) is 17.7. The Morgan fingerprint density at radius 3 is 2.79 bits per heavy atom. The topological polar surface area (TPSA) is 126 Å². The summed E-state index contributed by atoms with van der Waals surface area (Å²) in [5.74, 6) is -1.30. The number of oxime groups is 1. The van der Waals surface area contributed by atoms with Crippen LogP contribution in [0.2, 0.25) is 10.0 Å². The third kappa shape index (κ3) is 3.81. The molecule has 0 amide bonds. The Morgan fingerprint density at radius 1 is 1.50 bits per heavy atom. The minimum atomic E-state index is -1.11. The molecule has 0 saturated carbocycles. The number of hydrogen-bond donors (Lipinski definition) is 1. The van der Waals surface area contributed by atoms with Gasteiger partial charge < -0.3 is 10.6 Å². The van der Waals surface area contributed by atoms with Crippen molar-refractivity contribution in [3.05, 3.63) is 55.8 Å². The van der Waals surface area contributed by atoms with Gasteiger partial charge in [0.1, 0.15) is 6.20 Å². The van der Waals surface area contributed by atoms with Gasteiger partial charge in [-0.2, -0.15) is 5.10 Å². The van der Waals surface area contributed by atoms with Crippen molar-refractivity contribution in [2.45, 2.75) is 13.5 Å². The number of aromatic nitrogens is 2. The highest BCUT2D eigenvalue weighted by Crippen LogP contribution is 2.21. The summed E-state index contributed by atoms with van der Waals surface area (Å²) in [5, 5.41) is 18.8. The molecule has 1 heterocycles. The van der Waals surface area contributed by atoms with Crippen LogP contribution in [-0.2, 0) is 11.4 Å². The van der Waals surface area contributed by atoms with Gasteiger partial charge in [0.05, 0.1) is 9.95 Å². The minimum Gasteiger partial charge on any atom is -0.380 e. The smallest absolute Gasteiger partial charge is 0.380 e. The standard InChI is InChI=1S/C13H11Cl2N5O4/c1-2-19-6-10(20(22)23)11(17-19)13(21)24-18-12(16)8-4-3-7(14)5-9(8)15/h3-6H,2H2,1H3,(H2,16,18). The highest BCUT2D eigenvalue weighted by Gasteiger charge is 2.27. The van der Waals surface area contributed by atoms with E-state index < -0.39 is 22.3 Å². The van der Waals surface area contributed by atoms with Crippen LogP contribution in [0.15, 0.2) is 29.6 Å². The van der Waals surface area contributed by atoms with Crippen LogP contribution in [0, 0.1) is 10.1 Å². The summed E-state index contributed by atoms with van der Waals surface area (Å²) in [5.41, 5.74) is 5.02. The van der Waals surface area contributed by atoms with Gasteiger partial charge in [-0.1, -0.05) is 28.4 Å². The maximum atomic E-state index is 12.0. The van der Waals surface area contributed by atoms with E-state index in [4.69, 9.17) is 28.9 Å². The third-order valence-electron chi connectivity index (χ3n) is 2.89. The lowest BCUT2D eigenvalue weighted by Gasteiger charge is -2.03. The first-order valence-corrected chi connectivity index (χ1v) is 7.31. The Labute approximate surface area is 145 Å². The molecule has 0 fully saturated rings. The van der Waals surface area contributed by atoms with Gasteiger partial charge in [0, 0.05) is 17.1 Å². The van der Waals surface area contributed by atoms with Crippen LogP contribution < -0.4 is 5.73 Å². The Balaban J connectivity index is 2.23. The summed E-state index contributed by atoms with van der Waals surface area (Å²) in [6.45, 7) is 2.06. The van der Waals surface area contributed by atoms with E-state index in [-0.39, 0.29) is 10.9 Å². The van der Waals surface area contributed by atoms with Crippen LogP contribution >= 0.6 is 23.2 Å². The second kappa shape index (κ2) is 7.28. The Morgan fingerprint density at radius 2 is 2.21 bits per heavy atom. The van der Waals surface area contributed by atoms with Crippen LogP contribution in [0.3, 0.4) is 0 Å². The van der Waals surface area contributed by atoms with Gasteiger partial charge >= 0.3 is 11.7 Å². The number of amidine groups is 1. The van der Waals surface area contributed by atoms with E-state index in [0.29, 0.717) is 17.1 Å². The second-order valence-corrected chi connectivity index (χ2v) is 5.30. The molecule has 2 aromatic rings. The number of carbonyl (C=O) groups is 1. The molecule has 9 nitrogen and oxygen atoms in total. The minimum absolute atomic E-state index is 0.192. The molecular weight excluding hydrogens is 361 g/mol. The molecule has 0 radical (unpaired) electrons. The van der Waals surface area contributed by atoms with Gasteiger partial charge in [-0.15, -0.1) is 0 Å². The molecule has 2 N–H and O–H groups in total. The quantitative estimate of drug-likeness (QED) is 0.283. The van der Waals surface area contributed by atoms with Gasteiger partial charge in [0.2, 0.25) is 5.69 Å². The maximum Gasteiger partial charge on any atom is 0.393 e. The fourth-order valence-corrected chi connectivity index (χ4v) is 2.24. The average molecular weight is 372 g/mol. The summed E-state index contributed by atoms with van der Waals surface area (Å²) in [7, 11) is 0. The van der Waals surface area contributed by atoms with Crippen molar-refractivity contribution in [2.75, 3.05) is 0 Å². The summed E-state index contributed by atoms with van der Waals surface area (Å²) in [4.78, 5) is 26.8. The number of carbonyl (C=O) groups excluding carboxylic acids is 1. The SMILES string of the molecule is CCn1cc([N+](=O)[O-])c(C(=O)O/N=C(\N)c2ccc(Cl)cc2Cl)n1. The Hall–Kier alpha value is -2.65. The first-order chi connectivity index (χ1) is 11.3. The number of halogens is 2. The molecule has 0 aliphatic heterocycles. The van der Waals surface area contributed by atoms with Crippen molar-refractivity contribution in [2.24, 2.45) is 10.9 Å². The van der Waals surface area contributed by atoms with Crippen molar-refractivity contribution in [1.29, 1.82) is 0 Å². The van der Waals surface area contributed by atoms with Gasteiger partial charge in [0.15, 0.2) is 5.84 Å². The number of benzene rings is 1. The Bertz CT molecular complexity index is 834. The largest absolute Gasteiger partial charge is 0.393 e. The van der Waals surface area contributed by atoms with Crippen LogP contribution in [0.25, 0.3) is 0 Å². The fourth-order valence-electron chi connectivity index (χ4n) is 1.73. The molecule has 126 valence electrons. The highest BCUT2D eigenvalue weighted by atomic mass is 35.5. The zero-order valence-corrected chi connectivity index (χ0v) is 13.8. The van der Waals surface area contributed by atoms with Crippen LogP contribution in [-0.4, -0.2) is 26.5 Å². The van der Waals surface area contributed by atoms with E-state index in [1.54, 1.807) is 6.92 Å². The van der Waals surface area contributed by atoms with E-state index in [1.807, 2.05) is 0 Å². The van der Waals surface area contributed by atoms with Crippen LogP contribution in [0.4, 0.5) is 5.69 Å². The maximum absolute atomic E-state index is 12.0. The van der Waals surface area contributed by atoms with Gasteiger partial charge in [-0.3, -0.25) is 14.8 Å². The summed E-state index contributed by atoms with van der Waals surface area (Å²) < 4.78 is 1.23. The van der Waals surface area contributed by atoms with Crippen LogP contribution in [0.1, 0.15) is 23.0 Å². The van der Waals surface area contributed by atoms with Crippen LogP contribution in [0.5, 0.6) is 0 Å². The zero-order chi connectivity index (χ0) is 17.9. The number of nitro groups is 1. The Kier molecular flexibility index (Phi) is 5.37. The number of nitrogens with zero attached hydrogens (tertiary/aromatic N) is 4. The number of nitrogens with two attached hydrogens (primary N) is 1. The molecule has 0 bridgehead atoms. The second-order valence-electron chi connectivity index (χ2n) is 4.46. The van der Waals surface area contributed by atoms with Crippen molar-refractivity contribution < 1.29 is 14.6 Å². The van der Waals surface area contributed by atoms with Crippen molar-refractivity contribution >= 4 is 40.7 Å². The van der Waals surface area contributed by atoms with E-state index in [2.05, 4.69) is 15.1 Å². The van der Waals surface area contributed by atoms with Crippen molar-refractivity contribution in [1.82, 2.24) is 9.78 Å². The molecule has 0 aliphatic rings. The van der Waals surface area contributed by atoms with Gasteiger partial charge in [0.25, 0.3) is 0 Å². The fraction of sp³-hybridized carbons (Fsp3) is 0.154. The molecule has 0 unspecified atom stereocenters. The first-order valence-electron chi connectivity index (χ1n) is 6.55. The average Bonchev–Trinajstić information content (AvgIpc) is 2.97. The van der Waals surface area contributed by atoms with Gasteiger partial charge in [-0.05, 0) is 25.1 Å². The number of hydrogen-bond acceptors (Lipinski definition) is 6. The van der Waals surface area contributed by atoms with E-state index in [0.717, 1.165) is 6.20 Å². The summed E-state index contributed by atoms with van der Waals surface area (Å²) in [6.07, 6.45) is 1.12. The predicted octanol–water partition coefficient (Wildman–Crippen LogP) is 2.60. The molecule has 24 heavy (non-hydrogen) atoms. The predicted molar refractivity (Wildman–Crippen MR) is 87.2 cm³/mol. The lowest BCUT2D eigenvalue weighted by atomic mass is 10.2. The zero-order valence-electron chi connectivity index (χ0n) is 12.3. The lowest BCUT2D eigenvalue weighted by molar-refractivity contribution is -0.385. The summed E-state index contributed by atoms with van der Waals surface area (Å²) >= 11 is 11.7. The van der Waals surface area contributed by atoms with E-state index in [1.165, 1.54) is 22.9 Å². The van der Waals surface area contributed by atoms with Gasteiger partial charge in [-0.25, -0.2) is 4.79 Å². The van der Waals surface area contributed by atoms with E-state index >= 15 is 0 Å². The van der Waals surface area contributed by atoms with Crippen molar-refractivity contribution in [3.8, 4) is 0 Å². The van der Waals surface area contributed by atoms with E-state index in [9.17, 15) is 14.9 Å². The molecule has 0 aliphatic carbocycles. The molecule has 1 aromatic heterocycles. The monoisotopic (exact) mass is 371 g/mol. The molecule has 0 spiro atoms. The van der Waals surface area contributed by atoms with Crippen molar-refractivity contribution in [3.63, 3.8) is 0 Å². The molecule has 0 atom stereocenters. The summed E-state index contributed by atoms with van der Waals surface area (Å²) in [6, 6.07) is 4.46. The molecule has 11 heteroatoms. The molecule has 2 rings (SSSR count). The molecule has 0 saturated heterocycles. The normalized spacial score (nSPS) is 11.4. The molecular formula is C13H11Cl2N5O4. The number of rotatable bonds is 5. The number of aryl methyl sites for hydroxylation is 1.